The van der Waals surface area contributed by atoms with Gasteiger partial charge in [0.05, 0.1) is 5.69 Å². The largest absolute Gasteiger partial charge is 0.482 e. The molecule has 26 heavy (non-hydrogen) atoms. The third-order valence-electron chi connectivity index (χ3n) is 5.03. The third-order valence-corrected chi connectivity index (χ3v) is 5.03. The number of anilines is 1. The van der Waals surface area contributed by atoms with Crippen LogP contribution >= 0.6 is 0 Å². The number of nitrogens with zero attached hydrogens (tertiary/aromatic N) is 1. The Labute approximate surface area is 149 Å². The van der Waals surface area contributed by atoms with Gasteiger partial charge in [0.25, 0.3) is 11.8 Å². The first-order valence-corrected chi connectivity index (χ1v) is 8.63. The van der Waals surface area contributed by atoms with E-state index < -0.39 is 0 Å². The SMILES string of the molecule is O=C1COc2cc(C(=O)N3CCc4[nH]c5ccccc5c4C3)ccc2N1. The number of H-pyrrole nitrogens is 1. The molecule has 0 atom stereocenters. The number of para-hydroxylation sites is 1. The molecule has 0 bridgehead atoms. The van der Waals surface area contributed by atoms with Gasteiger partial charge in [0.2, 0.25) is 0 Å². The minimum atomic E-state index is -0.181. The highest BCUT2D eigenvalue weighted by molar-refractivity contribution is 5.99. The number of rotatable bonds is 1. The number of ether oxygens (including phenoxy) is 1. The first-order chi connectivity index (χ1) is 12.7. The Morgan fingerprint density at radius 2 is 2.04 bits per heavy atom. The molecule has 0 spiro atoms. The molecule has 3 aromatic rings. The number of amides is 2. The third kappa shape index (κ3) is 2.34. The molecule has 1 aromatic heterocycles. The highest BCUT2D eigenvalue weighted by Gasteiger charge is 2.26. The summed E-state index contributed by atoms with van der Waals surface area (Å²) in [5, 5.41) is 3.92. The van der Waals surface area contributed by atoms with Gasteiger partial charge in [0.15, 0.2) is 6.61 Å². The van der Waals surface area contributed by atoms with Crippen LogP contribution in [0.4, 0.5) is 5.69 Å². The van der Waals surface area contributed by atoms with Gasteiger partial charge in [-0.25, -0.2) is 0 Å². The van der Waals surface area contributed by atoms with Gasteiger partial charge in [0, 0.05) is 47.2 Å². The monoisotopic (exact) mass is 347 g/mol. The van der Waals surface area contributed by atoms with E-state index in [9.17, 15) is 9.59 Å². The number of carbonyl (C=O) groups is 2. The molecule has 3 heterocycles. The summed E-state index contributed by atoms with van der Waals surface area (Å²) in [7, 11) is 0. The van der Waals surface area contributed by atoms with Crippen molar-refractivity contribution in [1.29, 1.82) is 0 Å². The number of hydrogen-bond donors (Lipinski definition) is 2. The van der Waals surface area contributed by atoms with E-state index in [0.717, 1.165) is 11.9 Å². The van der Waals surface area contributed by atoms with Gasteiger partial charge < -0.3 is 19.9 Å². The fraction of sp³-hybridized carbons (Fsp3) is 0.200. The van der Waals surface area contributed by atoms with Crippen molar-refractivity contribution >= 4 is 28.4 Å². The molecule has 0 saturated heterocycles. The smallest absolute Gasteiger partial charge is 0.262 e. The van der Waals surface area contributed by atoms with E-state index in [4.69, 9.17) is 4.74 Å². The molecular weight excluding hydrogens is 330 g/mol. The van der Waals surface area contributed by atoms with Crippen molar-refractivity contribution in [3.05, 3.63) is 59.3 Å². The molecule has 0 aliphatic carbocycles. The molecule has 2 N–H and O–H groups in total. The van der Waals surface area contributed by atoms with Crippen LogP contribution in [0.25, 0.3) is 10.9 Å². The molecule has 5 rings (SSSR count). The first-order valence-electron chi connectivity index (χ1n) is 8.63. The van der Waals surface area contributed by atoms with Crippen LogP contribution in [0.2, 0.25) is 0 Å². The van der Waals surface area contributed by atoms with Gasteiger partial charge in [-0.05, 0) is 24.3 Å². The molecule has 2 amide bonds. The average Bonchev–Trinajstić information content (AvgIpc) is 3.05. The molecule has 0 saturated carbocycles. The lowest BCUT2D eigenvalue weighted by molar-refractivity contribution is -0.118. The molecule has 2 aromatic carbocycles. The van der Waals surface area contributed by atoms with E-state index in [-0.39, 0.29) is 18.4 Å². The number of carbonyl (C=O) groups excluding carboxylic acids is 2. The number of nitrogens with one attached hydrogen (secondary N) is 2. The summed E-state index contributed by atoms with van der Waals surface area (Å²) in [5.74, 6) is 0.337. The normalized spacial score (nSPS) is 15.8. The Morgan fingerprint density at radius 1 is 1.15 bits per heavy atom. The van der Waals surface area contributed by atoms with Crippen molar-refractivity contribution in [3.8, 4) is 5.75 Å². The van der Waals surface area contributed by atoms with Crippen molar-refractivity contribution in [2.24, 2.45) is 0 Å². The fourth-order valence-electron chi connectivity index (χ4n) is 3.73. The van der Waals surface area contributed by atoms with Gasteiger partial charge >= 0.3 is 0 Å². The molecular formula is C20H17N3O3. The van der Waals surface area contributed by atoms with Crippen LogP contribution in [0.3, 0.4) is 0 Å². The van der Waals surface area contributed by atoms with E-state index in [1.54, 1.807) is 18.2 Å². The second-order valence-electron chi connectivity index (χ2n) is 6.65. The Hall–Kier alpha value is -3.28. The van der Waals surface area contributed by atoms with Crippen molar-refractivity contribution < 1.29 is 14.3 Å². The van der Waals surface area contributed by atoms with Gasteiger partial charge in [-0.2, -0.15) is 0 Å². The van der Waals surface area contributed by atoms with Gasteiger partial charge in [-0.1, -0.05) is 18.2 Å². The zero-order valence-corrected chi connectivity index (χ0v) is 14.0. The standard InChI is InChI=1S/C20H17N3O3/c24-19-11-26-18-9-12(5-6-17(18)22-19)20(25)23-8-7-16-14(10-23)13-3-1-2-4-15(13)21-16/h1-6,9,21H,7-8,10-11H2,(H,22,24). The van der Waals surface area contributed by atoms with Gasteiger partial charge in [-0.15, -0.1) is 0 Å². The Bertz CT molecular complexity index is 1050. The number of hydrogen-bond acceptors (Lipinski definition) is 3. The Kier molecular flexibility index (Phi) is 3.25. The highest BCUT2D eigenvalue weighted by atomic mass is 16.5. The Morgan fingerprint density at radius 3 is 2.96 bits per heavy atom. The van der Waals surface area contributed by atoms with E-state index in [1.807, 2.05) is 17.0 Å². The topological polar surface area (TPSA) is 74.4 Å². The van der Waals surface area contributed by atoms with E-state index >= 15 is 0 Å². The molecule has 2 aliphatic rings. The van der Waals surface area contributed by atoms with E-state index in [0.29, 0.717) is 30.1 Å². The lowest BCUT2D eigenvalue weighted by Crippen LogP contribution is -2.36. The molecule has 0 fully saturated rings. The quantitative estimate of drug-likeness (QED) is 0.711. The van der Waals surface area contributed by atoms with Crippen molar-refractivity contribution in [2.45, 2.75) is 13.0 Å². The molecule has 0 unspecified atom stereocenters. The molecule has 0 radical (unpaired) electrons. The summed E-state index contributed by atoms with van der Waals surface area (Å²) in [6, 6.07) is 13.4. The summed E-state index contributed by atoms with van der Waals surface area (Å²) in [4.78, 5) is 29.7. The predicted octanol–water partition coefficient (Wildman–Crippen LogP) is 2.70. The number of aromatic nitrogens is 1. The van der Waals surface area contributed by atoms with Crippen molar-refractivity contribution in [2.75, 3.05) is 18.5 Å². The molecule has 130 valence electrons. The van der Waals surface area contributed by atoms with Gasteiger partial charge in [-0.3, -0.25) is 9.59 Å². The number of fused-ring (bicyclic) bond motifs is 4. The lowest BCUT2D eigenvalue weighted by atomic mass is 10.0. The van der Waals surface area contributed by atoms with Crippen LogP contribution in [0.5, 0.6) is 5.75 Å². The molecule has 6 nitrogen and oxygen atoms in total. The molecule has 6 heteroatoms. The van der Waals surface area contributed by atoms with Crippen molar-refractivity contribution in [3.63, 3.8) is 0 Å². The Balaban J connectivity index is 1.44. The summed E-state index contributed by atoms with van der Waals surface area (Å²) in [6.07, 6.45) is 0.813. The minimum Gasteiger partial charge on any atom is -0.482 e. The zero-order valence-electron chi connectivity index (χ0n) is 14.0. The average molecular weight is 347 g/mol. The van der Waals surface area contributed by atoms with E-state index in [2.05, 4.69) is 22.4 Å². The first kappa shape index (κ1) is 15.0. The van der Waals surface area contributed by atoms with Gasteiger partial charge in [0.1, 0.15) is 5.75 Å². The van der Waals surface area contributed by atoms with Crippen LogP contribution < -0.4 is 10.1 Å². The second-order valence-corrected chi connectivity index (χ2v) is 6.65. The lowest BCUT2D eigenvalue weighted by Gasteiger charge is -2.28. The van der Waals surface area contributed by atoms with Crippen LogP contribution in [0, 0.1) is 0 Å². The van der Waals surface area contributed by atoms with Crippen molar-refractivity contribution in [1.82, 2.24) is 9.88 Å². The van der Waals surface area contributed by atoms with Crippen LogP contribution in [-0.2, 0) is 17.8 Å². The highest BCUT2D eigenvalue weighted by Crippen LogP contribution is 2.31. The molecule has 2 aliphatic heterocycles. The minimum absolute atomic E-state index is 0.0208. The number of aromatic amines is 1. The maximum Gasteiger partial charge on any atom is 0.262 e. The summed E-state index contributed by atoms with van der Waals surface area (Å²) in [5.41, 5.74) is 4.71. The van der Waals surface area contributed by atoms with Crippen LogP contribution in [0.1, 0.15) is 21.6 Å². The van der Waals surface area contributed by atoms with E-state index in [1.165, 1.54) is 16.6 Å². The maximum absolute atomic E-state index is 13.0. The second kappa shape index (κ2) is 5.62. The predicted molar refractivity (Wildman–Crippen MR) is 97.3 cm³/mol. The summed E-state index contributed by atoms with van der Waals surface area (Å²) < 4.78 is 5.43. The summed E-state index contributed by atoms with van der Waals surface area (Å²) >= 11 is 0. The van der Waals surface area contributed by atoms with Crippen LogP contribution in [-0.4, -0.2) is 34.8 Å². The number of benzene rings is 2. The fourth-order valence-corrected chi connectivity index (χ4v) is 3.73. The summed E-state index contributed by atoms with van der Waals surface area (Å²) in [6.45, 7) is 1.24. The van der Waals surface area contributed by atoms with Crippen LogP contribution in [0.15, 0.2) is 42.5 Å². The maximum atomic E-state index is 13.0. The zero-order chi connectivity index (χ0) is 17.7.